The van der Waals surface area contributed by atoms with Crippen molar-refractivity contribution in [3.05, 3.63) is 60.2 Å². The second kappa shape index (κ2) is 6.59. The van der Waals surface area contributed by atoms with Gasteiger partial charge in [-0.2, -0.15) is 5.10 Å². The molecule has 7 heteroatoms. The van der Waals surface area contributed by atoms with E-state index >= 15 is 0 Å². The van der Waals surface area contributed by atoms with E-state index in [-0.39, 0.29) is 11.8 Å². The first-order valence-electron chi connectivity index (χ1n) is 8.55. The molecule has 1 amide bonds. The minimum Gasteiger partial charge on any atom is -0.355 e. The van der Waals surface area contributed by atoms with Crippen LogP contribution >= 0.6 is 0 Å². The number of hydrogen-bond acceptors (Lipinski definition) is 5. The largest absolute Gasteiger partial charge is 0.355 e. The Bertz CT molecular complexity index is 911. The Hall–Kier alpha value is -3.22. The molecule has 1 saturated heterocycles. The second-order valence-corrected chi connectivity index (χ2v) is 6.65. The van der Waals surface area contributed by atoms with Crippen molar-refractivity contribution >= 4 is 17.4 Å². The summed E-state index contributed by atoms with van der Waals surface area (Å²) in [7, 11) is 0. The molecule has 1 fully saturated rings. The number of nitrogens with one attached hydrogen (secondary N) is 1. The Labute approximate surface area is 151 Å². The van der Waals surface area contributed by atoms with E-state index in [1.165, 1.54) is 6.33 Å². The van der Waals surface area contributed by atoms with Crippen LogP contribution in [-0.4, -0.2) is 38.7 Å². The number of hydrogen-bond donors (Lipinski definition) is 1. The molecule has 26 heavy (non-hydrogen) atoms. The van der Waals surface area contributed by atoms with Gasteiger partial charge in [0.2, 0.25) is 5.91 Å². The first-order chi connectivity index (χ1) is 12.6. The topological polar surface area (TPSA) is 75.9 Å². The van der Waals surface area contributed by atoms with E-state index in [9.17, 15) is 4.79 Å². The van der Waals surface area contributed by atoms with Crippen LogP contribution < -0.4 is 10.2 Å². The molecule has 1 aliphatic rings. The van der Waals surface area contributed by atoms with Crippen LogP contribution in [0.1, 0.15) is 11.1 Å². The van der Waals surface area contributed by atoms with Crippen molar-refractivity contribution in [2.75, 3.05) is 23.3 Å². The van der Waals surface area contributed by atoms with Crippen LogP contribution in [-0.2, 0) is 4.79 Å². The van der Waals surface area contributed by atoms with Gasteiger partial charge in [0.05, 0.1) is 5.92 Å². The molecule has 0 aliphatic carbocycles. The molecule has 3 aromatic rings. The van der Waals surface area contributed by atoms with Gasteiger partial charge in [0.1, 0.15) is 12.1 Å². The highest BCUT2D eigenvalue weighted by molar-refractivity contribution is 5.94. The van der Waals surface area contributed by atoms with Crippen LogP contribution in [0, 0.1) is 19.8 Å². The van der Waals surface area contributed by atoms with Crippen molar-refractivity contribution in [3.8, 4) is 5.82 Å². The first-order valence-corrected chi connectivity index (χ1v) is 8.55. The molecule has 0 spiro atoms. The lowest BCUT2D eigenvalue weighted by atomic mass is 9.99. The normalized spacial score (nSPS) is 14.2. The minimum atomic E-state index is -0.0427. The zero-order valence-corrected chi connectivity index (χ0v) is 14.8. The number of carbonyl (C=O) groups is 1. The Morgan fingerprint density at radius 2 is 1.81 bits per heavy atom. The van der Waals surface area contributed by atoms with Gasteiger partial charge < -0.3 is 10.2 Å². The number of carbonyl (C=O) groups excluding carboxylic acids is 1. The molecule has 1 N–H and O–H groups in total. The lowest BCUT2D eigenvalue weighted by molar-refractivity contribution is -0.120. The molecule has 132 valence electrons. The average Bonchev–Trinajstić information content (AvgIpc) is 3.07. The zero-order chi connectivity index (χ0) is 18.1. The van der Waals surface area contributed by atoms with E-state index in [4.69, 9.17) is 0 Å². The van der Waals surface area contributed by atoms with Crippen LogP contribution in [0.25, 0.3) is 5.82 Å². The third kappa shape index (κ3) is 3.28. The van der Waals surface area contributed by atoms with Crippen LogP contribution in [0.3, 0.4) is 0 Å². The van der Waals surface area contributed by atoms with Gasteiger partial charge in [-0.3, -0.25) is 4.79 Å². The maximum Gasteiger partial charge on any atom is 0.231 e. The predicted molar refractivity (Wildman–Crippen MR) is 99.4 cm³/mol. The van der Waals surface area contributed by atoms with Gasteiger partial charge >= 0.3 is 0 Å². The number of aryl methyl sites for hydroxylation is 2. The van der Waals surface area contributed by atoms with Crippen molar-refractivity contribution in [1.29, 1.82) is 0 Å². The fourth-order valence-electron chi connectivity index (χ4n) is 3.16. The van der Waals surface area contributed by atoms with E-state index in [0.29, 0.717) is 18.9 Å². The first kappa shape index (κ1) is 16.3. The lowest BCUT2D eigenvalue weighted by Crippen LogP contribution is -2.52. The standard InChI is InChI=1S/C19H20N6O/c1-13-6-14(2)8-16(7-13)23-19(26)15-10-24(11-15)17-9-18(21-12-20-17)25-5-3-4-22-25/h3-9,12,15H,10-11H2,1-2H3,(H,23,26). The zero-order valence-electron chi connectivity index (χ0n) is 14.8. The van der Waals surface area contributed by atoms with Gasteiger partial charge in [0, 0.05) is 37.2 Å². The molecule has 3 heterocycles. The lowest BCUT2D eigenvalue weighted by Gasteiger charge is -2.39. The van der Waals surface area contributed by atoms with Crippen molar-refractivity contribution < 1.29 is 4.79 Å². The van der Waals surface area contributed by atoms with E-state index < -0.39 is 0 Å². The molecule has 2 aromatic heterocycles. The van der Waals surface area contributed by atoms with Crippen LogP contribution in [0.4, 0.5) is 11.5 Å². The number of rotatable bonds is 4. The summed E-state index contributed by atoms with van der Waals surface area (Å²) in [6.45, 7) is 5.35. The molecule has 7 nitrogen and oxygen atoms in total. The van der Waals surface area contributed by atoms with Crippen molar-refractivity contribution in [2.45, 2.75) is 13.8 Å². The highest BCUT2D eigenvalue weighted by Gasteiger charge is 2.33. The fraction of sp³-hybridized carbons (Fsp3) is 0.263. The van der Waals surface area contributed by atoms with E-state index in [2.05, 4.69) is 31.3 Å². The maximum absolute atomic E-state index is 12.5. The number of amides is 1. The molecule has 0 unspecified atom stereocenters. The quantitative estimate of drug-likeness (QED) is 0.783. The van der Waals surface area contributed by atoms with E-state index in [0.717, 1.165) is 22.6 Å². The summed E-state index contributed by atoms with van der Waals surface area (Å²) in [4.78, 5) is 23.1. The minimum absolute atomic E-state index is 0.0427. The van der Waals surface area contributed by atoms with Gasteiger partial charge in [-0.1, -0.05) is 6.07 Å². The highest BCUT2D eigenvalue weighted by atomic mass is 16.2. The van der Waals surface area contributed by atoms with E-state index in [1.54, 1.807) is 10.9 Å². The summed E-state index contributed by atoms with van der Waals surface area (Å²) in [5.41, 5.74) is 3.14. The number of benzene rings is 1. The monoisotopic (exact) mass is 348 g/mol. The number of aromatic nitrogens is 4. The van der Waals surface area contributed by atoms with Crippen molar-refractivity contribution in [1.82, 2.24) is 19.7 Å². The molecule has 0 saturated carbocycles. The molecule has 1 aliphatic heterocycles. The summed E-state index contributed by atoms with van der Waals surface area (Å²) >= 11 is 0. The summed E-state index contributed by atoms with van der Waals surface area (Å²) in [5, 5.41) is 7.20. The Morgan fingerprint density at radius 1 is 1.08 bits per heavy atom. The molecule has 4 rings (SSSR count). The van der Waals surface area contributed by atoms with Gasteiger partial charge in [-0.25, -0.2) is 14.6 Å². The van der Waals surface area contributed by atoms with Crippen LogP contribution in [0.5, 0.6) is 0 Å². The number of nitrogens with zero attached hydrogens (tertiary/aromatic N) is 5. The Morgan fingerprint density at radius 3 is 2.50 bits per heavy atom. The maximum atomic E-state index is 12.5. The van der Waals surface area contributed by atoms with Crippen LogP contribution in [0.2, 0.25) is 0 Å². The summed E-state index contributed by atoms with van der Waals surface area (Å²) in [6, 6.07) is 9.79. The van der Waals surface area contributed by atoms with Gasteiger partial charge in [-0.15, -0.1) is 0 Å². The Kier molecular flexibility index (Phi) is 4.12. The predicted octanol–water partition coefficient (Wildman–Crippen LogP) is 2.35. The SMILES string of the molecule is Cc1cc(C)cc(NC(=O)C2CN(c3cc(-n4cccn4)ncn3)C2)c1. The molecule has 1 aromatic carbocycles. The summed E-state index contributed by atoms with van der Waals surface area (Å²) in [5.74, 6) is 1.52. The van der Waals surface area contributed by atoms with Crippen molar-refractivity contribution in [2.24, 2.45) is 5.92 Å². The fourth-order valence-corrected chi connectivity index (χ4v) is 3.16. The molecule has 0 atom stereocenters. The molecule has 0 radical (unpaired) electrons. The third-order valence-electron chi connectivity index (χ3n) is 4.44. The molecule has 0 bridgehead atoms. The molecular weight excluding hydrogens is 328 g/mol. The van der Waals surface area contributed by atoms with Gasteiger partial charge in [0.15, 0.2) is 5.82 Å². The smallest absolute Gasteiger partial charge is 0.231 e. The second-order valence-electron chi connectivity index (χ2n) is 6.65. The average molecular weight is 348 g/mol. The van der Waals surface area contributed by atoms with Crippen LogP contribution in [0.15, 0.2) is 49.1 Å². The van der Waals surface area contributed by atoms with Crippen molar-refractivity contribution in [3.63, 3.8) is 0 Å². The third-order valence-corrected chi connectivity index (χ3v) is 4.44. The van der Waals surface area contributed by atoms with Gasteiger partial charge in [0.25, 0.3) is 0 Å². The number of anilines is 2. The molecular formula is C19H20N6O. The highest BCUT2D eigenvalue weighted by Crippen LogP contribution is 2.25. The summed E-state index contributed by atoms with van der Waals surface area (Å²) in [6.07, 6.45) is 5.07. The summed E-state index contributed by atoms with van der Waals surface area (Å²) < 4.78 is 1.69. The van der Waals surface area contributed by atoms with Gasteiger partial charge in [-0.05, 0) is 43.2 Å². The Balaban J connectivity index is 1.39. The van der Waals surface area contributed by atoms with E-state index in [1.807, 2.05) is 44.3 Å².